The molecule has 25 heavy (non-hydrogen) atoms. The first-order valence-corrected chi connectivity index (χ1v) is 8.50. The number of Topliss-reactive ketones (excluding diaryl/α,β-unsaturated/α-hetero) is 1. The number of hydrogen-bond donors (Lipinski definition) is 0. The minimum Gasteiger partial charge on any atom is -0.340 e. The van der Waals surface area contributed by atoms with Gasteiger partial charge in [0.05, 0.1) is 5.56 Å². The topological polar surface area (TPSA) is 43.9 Å². The Morgan fingerprint density at radius 2 is 1.76 bits per heavy atom. The summed E-state index contributed by atoms with van der Waals surface area (Å²) in [5, 5.41) is 0. The highest BCUT2D eigenvalue weighted by molar-refractivity contribution is 5.98. The van der Waals surface area contributed by atoms with Crippen LogP contribution in [0.4, 0.5) is 8.78 Å². The van der Waals surface area contributed by atoms with E-state index < -0.39 is 17.4 Å². The van der Waals surface area contributed by atoms with Gasteiger partial charge in [0.2, 0.25) is 5.91 Å². The average molecular weight is 353 g/mol. The van der Waals surface area contributed by atoms with Crippen LogP contribution in [0.25, 0.3) is 0 Å². The highest BCUT2D eigenvalue weighted by Gasteiger charge is 2.22. The summed E-state index contributed by atoms with van der Waals surface area (Å²) < 4.78 is 26.5. The van der Waals surface area contributed by atoms with Crippen LogP contribution in [0.1, 0.15) is 23.2 Å². The monoisotopic (exact) mass is 353 g/mol. The van der Waals surface area contributed by atoms with Crippen molar-refractivity contribution in [2.75, 3.05) is 53.4 Å². The number of piperazine rings is 1. The van der Waals surface area contributed by atoms with Crippen LogP contribution in [0.3, 0.4) is 0 Å². The molecule has 7 heteroatoms. The molecule has 0 radical (unpaired) electrons. The van der Waals surface area contributed by atoms with Gasteiger partial charge in [0, 0.05) is 58.2 Å². The molecule has 0 spiro atoms. The number of carbonyl (C=O) groups excluding carboxylic acids is 2. The molecule has 1 aromatic carbocycles. The van der Waals surface area contributed by atoms with Crippen LogP contribution < -0.4 is 0 Å². The van der Waals surface area contributed by atoms with E-state index in [-0.39, 0.29) is 24.3 Å². The van der Waals surface area contributed by atoms with Crippen LogP contribution in [0.5, 0.6) is 0 Å². The lowest BCUT2D eigenvalue weighted by atomic mass is 10.1. The fourth-order valence-electron chi connectivity index (χ4n) is 2.79. The smallest absolute Gasteiger partial charge is 0.223 e. The third-order valence-corrected chi connectivity index (χ3v) is 4.39. The van der Waals surface area contributed by atoms with Crippen molar-refractivity contribution in [3.8, 4) is 0 Å². The molecule has 0 aliphatic carbocycles. The van der Waals surface area contributed by atoms with Gasteiger partial charge < -0.3 is 9.80 Å². The van der Waals surface area contributed by atoms with E-state index in [1.165, 1.54) is 0 Å². The first kappa shape index (κ1) is 19.5. The number of nitrogens with zero attached hydrogens (tertiary/aromatic N) is 3. The number of rotatable bonds is 7. The second-order valence-electron chi connectivity index (χ2n) is 6.57. The number of halogens is 2. The third kappa shape index (κ3) is 5.86. The molecule has 1 aliphatic rings. The van der Waals surface area contributed by atoms with E-state index in [4.69, 9.17) is 0 Å². The number of hydrogen-bond acceptors (Lipinski definition) is 4. The second-order valence-corrected chi connectivity index (χ2v) is 6.57. The first-order chi connectivity index (χ1) is 11.9. The summed E-state index contributed by atoms with van der Waals surface area (Å²) in [6.45, 7) is 4.87. The van der Waals surface area contributed by atoms with Crippen molar-refractivity contribution in [1.29, 1.82) is 0 Å². The van der Waals surface area contributed by atoms with Crippen LogP contribution in [0.15, 0.2) is 18.2 Å². The van der Waals surface area contributed by atoms with E-state index in [9.17, 15) is 18.4 Å². The zero-order chi connectivity index (χ0) is 18.4. The van der Waals surface area contributed by atoms with Crippen LogP contribution in [-0.4, -0.2) is 79.8 Å². The van der Waals surface area contributed by atoms with Crippen molar-refractivity contribution in [1.82, 2.24) is 14.7 Å². The molecule has 1 aromatic rings. The maximum atomic E-state index is 13.6. The average Bonchev–Trinajstić information content (AvgIpc) is 2.58. The maximum Gasteiger partial charge on any atom is 0.223 e. The van der Waals surface area contributed by atoms with Crippen molar-refractivity contribution in [2.24, 2.45) is 0 Å². The molecule has 0 atom stereocenters. The molecule has 0 bridgehead atoms. The predicted octanol–water partition coefficient (Wildman–Crippen LogP) is 1.63. The normalized spacial score (nSPS) is 15.6. The lowest BCUT2D eigenvalue weighted by Gasteiger charge is -2.35. The zero-order valence-electron chi connectivity index (χ0n) is 14.8. The molecule has 0 N–H and O–H groups in total. The van der Waals surface area contributed by atoms with Crippen molar-refractivity contribution in [2.45, 2.75) is 12.8 Å². The summed E-state index contributed by atoms with van der Waals surface area (Å²) in [5.41, 5.74) is -0.164. The highest BCUT2D eigenvalue weighted by Crippen LogP contribution is 2.14. The van der Waals surface area contributed by atoms with Crippen molar-refractivity contribution < 1.29 is 18.4 Å². The van der Waals surface area contributed by atoms with Gasteiger partial charge in [0.15, 0.2) is 5.78 Å². The quantitative estimate of drug-likeness (QED) is 0.699. The molecule has 138 valence electrons. The summed E-state index contributed by atoms with van der Waals surface area (Å²) in [7, 11) is 4.06. The summed E-state index contributed by atoms with van der Waals surface area (Å²) in [4.78, 5) is 30.4. The van der Waals surface area contributed by atoms with Crippen LogP contribution >= 0.6 is 0 Å². The van der Waals surface area contributed by atoms with Gasteiger partial charge in [-0.25, -0.2) is 8.78 Å². The summed E-state index contributed by atoms with van der Waals surface area (Å²) in [5.74, 6) is -2.18. The summed E-state index contributed by atoms with van der Waals surface area (Å²) in [6.07, 6.45) is -0.0183. The molecular formula is C18H25F2N3O2. The van der Waals surface area contributed by atoms with E-state index in [2.05, 4.69) is 9.80 Å². The minimum absolute atomic E-state index is 0.0490. The van der Waals surface area contributed by atoms with Gasteiger partial charge in [-0.2, -0.15) is 0 Å². The molecule has 2 rings (SSSR count). The summed E-state index contributed by atoms with van der Waals surface area (Å²) in [6, 6.07) is 2.86. The zero-order valence-corrected chi connectivity index (χ0v) is 14.8. The van der Waals surface area contributed by atoms with Crippen molar-refractivity contribution >= 4 is 11.7 Å². The molecule has 1 fully saturated rings. The Bertz CT molecular complexity index is 614. The highest BCUT2D eigenvalue weighted by atomic mass is 19.1. The van der Waals surface area contributed by atoms with E-state index in [1.807, 2.05) is 14.1 Å². The standard InChI is InChI=1S/C18H25F2N3O2/c1-21(2)7-8-22-9-11-23(12-10-22)18(25)6-5-17(24)15-4-3-14(19)13-16(15)20/h3-4,13H,5-12H2,1-2H3. The second kappa shape index (κ2) is 9.01. The van der Waals surface area contributed by atoms with Gasteiger partial charge in [-0.3, -0.25) is 14.5 Å². The first-order valence-electron chi connectivity index (χ1n) is 8.50. The molecule has 5 nitrogen and oxygen atoms in total. The Balaban J connectivity index is 1.76. The molecular weight excluding hydrogens is 328 g/mol. The van der Waals surface area contributed by atoms with Gasteiger partial charge >= 0.3 is 0 Å². The third-order valence-electron chi connectivity index (χ3n) is 4.39. The molecule has 0 saturated carbocycles. The number of carbonyl (C=O) groups is 2. The van der Waals surface area contributed by atoms with Gasteiger partial charge in [-0.05, 0) is 26.2 Å². The van der Waals surface area contributed by atoms with Crippen LogP contribution in [0.2, 0.25) is 0 Å². The molecule has 1 saturated heterocycles. The van der Waals surface area contributed by atoms with Gasteiger partial charge in [-0.15, -0.1) is 0 Å². The molecule has 1 amide bonds. The Morgan fingerprint density at radius 1 is 1.08 bits per heavy atom. The van der Waals surface area contributed by atoms with E-state index >= 15 is 0 Å². The Morgan fingerprint density at radius 3 is 2.36 bits per heavy atom. The van der Waals surface area contributed by atoms with E-state index in [1.54, 1.807) is 4.90 Å². The number of likely N-dealkylation sites (N-methyl/N-ethyl adjacent to an activating group) is 1. The van der Waals surface area contributed by atoms with Crippen molar-refractivity contribution in [3.63, 3.8) is 0 Å². The predicted molar refractivity (Wildman–Crippen MR) is 91.5 cm³/mol. The fourth-order valence-corrected chi connectivity index (χ4v) is 2.79. The van der Waals surface area contributed by atoms with E-state index in [0.717, 1.165) is 38.3 Å². The molecule has 0 aromatic heterocycles. The lowest BCUT2D eigenvalue weighted by Crippen LogP contribution is -2.50. The molecule has 1 heterocycles. The van der Waals surface area contributed by atoms with Gasteiger partial charge in [0.1, 0.15) is 11.6 Å². The summed E-state index contributed by atoms with van der Waals surface area (Å²) >= 11 is 0. The fraction of sp³-hybridized carbons (Fsp3) is 0.556. The Hall–Kier alpha value is -1.86. The largest absolute Gasteiger partial charge is 0.340 e. The van der Waals surface area contributed by atoms with Gasteiger partial charge in [0.25, 0.3) is 0 Å². The molecule has 0 unspecified atom stereocenters. The van der Waals surface area contributed by atoms with Crippen LogP contribution in [-0.2, 0) is 4.79 Å². The minimum atomic E-state index is -0.882. The number of ketones is 1. The molecule has 1 aliphatic heterocycles. The maximum absolute atomic E-state index is 13.6. The van der Waals surface area contributed by atoms with E-state index in [0.29, 0.717) is 19.2 Å². The van der Waals surface area contributed by atoms with Crippen molar-refractivity contribution in [3.05, 3.63) is 35.4 Å². The van der Waals surface area contributed by atoms with Crippen LogP contribution in [0, 0.1) is 11.6 Å². The van der Waals surface area contributed by atoms with Gasteiger partial charge in [-0.1, -0.05) is 0 Å². The lowest BCUT2D eigenvalue weighted by molar-refractivity contribution is -0.132. The Labute approximate surface area is 147 Å². The SMILES string of the molecule is CN(C)CCN1CCN(C(=O)CCC(=O)c2ccc(F)cc2F)CC1. The number of benzene rings is 1. The number of amides is 1. The Kier molecular flexibility index (Phi) is 7.01.